The second-order valence-corrected chi connectivity index (χ2v) is 4.90. The van der Waals surface area contributed by atoms with Crippen molar-refractivity contribution in [1.82, 2.24) is 0 Å². The molecule has 7 heteroatoms. The van der Waals surface area contributed by atoms with E-state index in [9.17, 15) is 22.8 Å². The van der Waals surface area contributed by atoms with Gasteiger partial charge in [0.25, 0.3) is 0 Å². The Labute approximate surface area is 121 Å². The van der Waals surface area contributed by atoms with Crippen molar-refractivity contribution in [3.8, 4) is 0 Å². The van der Waals surface area contributed by atoms with E-state index >= 15 is 0 Å². The molecule has 0 aromatic heterocycles. The van der Waals surface area contributed by atoms with Crippen LogP contribution < -0.4 is 0 Å². The van der Waals surface area contributed by atoms with Crippen LogP contribution in [0, 0.1) is 0 Å². The van der Waals surface area contributed by atoms with Gasteiger partial charge in [-0.3, -0.25) is 4.79 Å². The molecule has 0 radical (unpaired) electrons. The Kier molecular flexibility index (Phi) is 5.10. The van der Waals surface area contributed by atoms with Crippen LogP contribution in [0.4, 0.5) is 13.2 Å². The van der Waals surface area contributed by atoms with Gasteiger partial charge in [0.15, 0.2) is 0 Å². The lowest BCUT2D eigenvalue weighted by molar-refractivity contribution is -0.137. The average molecular weight is 351 g/mol. The van der Waals surface area contributed by atoms with Gasteiger partial charge in [-0.2, -0.15) is 13.2 Å². The molecule has 0 bridgehead atoms. The molecule has 1 atom stereocenters. The predicted molar refractivity (Wildman–Crippen MR) is 70.5 cm³/mol. The van der Waals surface area contributed by atoms with Crippen LogP contribution in [0.2, 0.25) is 0 Å². The Balaban J connectivity index is 3.38. The second-order valence-electron chi connectivity index (χ2n) is 3.99. The summed E-state index contributed by atoms with van der Waals surface area (Å²) in [6.45, 7) is 1.23. The van der Waals surface area contributed by atoms with Crippen molar-refractivity contribution in [2.75, 3.05) is 0 Å². The molecular formula is C13H10BrF3O3. The van der Waals surface area contributed by atoms with E-state index in [4.69, 9.17) is 5.11 Å². The highest BCUT2D eigenvalue weighted by Gasteiger charge is 2.31. The van der Waals surface area contributed by atoms with E-state index in [1.165, 1.54) is 6.92 Å². The van der Waals surface area contributed by atoms with Crippen molar-refractivity contribution in [3.05, 3.63) is 41.0 Å². The van der Waals surface area contributed by atoms with Crippen LogP contribution >= 0.6 is 15.9 Å². The molecular weight excluding hydrogens is 341 g/mol. The molecule has 0 fully saturated rings. The summed E-state index contributed by atoms with van der Waals surface area (Å²) in [5.74, 6) is -1.61. The number of rotatable bonds is 4. The Hall–Kier alpha value is -1.63. The number of carbonyl (C=O) groups excluding carboxylic acids is 1. The average Bonchev–Trinajstić information content (AvgIpc) is 2.33. The number of hydrogen-bond acceptors (Lipinski definition) is 2. The lowest BCUT2D eigenvalue weighted by atomic mass is 9.99. The van der Waals surface area contributed by atoms with E-state index in [-0.39, 0.29) is 16.9 Å². The molecule has 3 nitrogen and oxygen atoms in total. The Morgan fingerprint density at radius 1 is 1.35 bits per heavy atom. The number of carbonyl (C=O) groups is 2. The summed E-state index contributed by atoms with van der Waals surface area (Å²) in [5, 5.41) is 8.55. The number of ketones is 1. The zero-order valence-electron chi connectivity index (χ0n) is 10.2. The van der Waals surface area contributed by atoms with Crippen molar-refractivity contribution >= 4 is 33.8 Å². The number of alkyl halides is 4. The quantitative estimate of drug-likeness (QED) is 0.663. The van der Waals surface area contributed by atoms with Crippen molar-refractivity contribution in [3.63, 3.8) is 0 Å². The summed E-state index contributed by atoms with van der Waals surface area (Å²) in [4.78, 5) is 20.9. The molecule has 0 aliphatic carbocycles. The summed E-state index contributed by atoms with van der Waals surface area (Å²) in [6, 6.07) is 2.81. The Morgan fingerprint density at radius 3 is 2.40 bits per heavy atom. The van der Waals surface area contributed by atoms with Gasteiger partial charge in [-0.25, -0.2) is 4.79 Å². The van der Waals surface area contributed by atoms with Gasteiger partial charge in [0.1, 0.15) is 5.78 Å². The summed E-state index contributed by atoms with van der Waals surface area (Å²) < 4.78 is 38.0. The third-order valence-electron chi connectivity index (χ3n) is 2.45. The molecule has 1 aromatic rings. The fraction of sp³-hybridized carbons (Fsp3) is 0.231. The van der Waals surface area contributed by atoms with Gasteiger partial charge in [-0.15, -0.1) is 0 Å². The normalized spacial score (nSPS) is 13.4. The Bertz CT molecular complexity index is 564. The molecule has 0 saturated carbocycles. The summed E-state index contributed by atoms with van der Waals surface area (Å²) in [6.07, 6.45) is -2.59. The van der Waals surface area contributed by atoms with E-state index in [0.29, 0.717) is 0 Å². The maximum Gasteiger partial charge on any atom is 0.416 e. The van der Waals surface area contributed by atoms with E-state index in [0.717, 1.165) is 30.4 Å². The van der Waals surface area contributed by atoms with Gasteiger partial charge in [0.2, 0.25) is 0 Å². The summed E-state index contributed by atoms with van der Waals surface area (Å²) >= 11 is 3.01. The minimum atomic E-state index is -4.53. The fourth-order valence-corrected chi connectivity index (χ4v) is 1.90. The van der Waals surface area contributed by atoms with Gasteiger partial charge in [0, 0.05) is 6.08 Å². The maximum absolute atomic E-state index is 12.7. The van der Waals surface area contributed by atoms with E-state index < -0.39 is 22.5 Å². The van der Waals surface area contributed by atoms with Gasteiger partial charge in [-0.1, -0.05) is 22.0 Å². The van der Waals surface area contributed by atoms with Crippen LogP contribution in [-0.2, 0) is 15.8 Å². The van der Waals surface area contributed by atoms with E-state index in [1.807, 2.05) is 0 Å². The molecule has 0 heterocycles. The minimum absolute atomic E-state index is 0.0739. The summed E-state index contributed by atoms with van der Waals surface area (Å²) in [7, 11) is 0. The van der Waals surface area contributed by atoms with Crippen LogP contribution in [0.1, 0.15) is 28.4 Å². The molecule has 1 rings (SSSR count). The van der Waals surface area contributed by atoms with Gasteiger partial charge < -0.3 is 5.11 Å². The molecule has 0 aliphatic rings. The van der Waals surface area contributed by atoms with Gasteiger partial charge in [-0.05, 0) is 36.3 Å². The first-order chi connectivity index (χ1) is 9.12. The standard InChI is InChI=1S/C13H10BrF3O3/c1-7(18)12(14)10-6-9(13(15,16)17)4-2-8(10)3-5-11(19)20/h2-6,12H,1H3,(H,19,20). The first-order valence-corrected chi connectivity index (χ1v) is 6.31. The first kappa shape index (κ1) is 16.4. The molecule has 1 unspecified atom stereocenters. The zero-order chi connectivity index (χ0) is 15.5. The number of carboxylic acids is 1. The van der Waals surface area contributed by atoms with Crippen molar-refractivity contribution < 1.29 is 27.9 Å². The number of benzene rings is 1. The maximum atomic E-state index is 12.7. The van der Waals surface area contributed by atoms with Crippen LogP contribution in [0.15, 0.2) is 24.3 Å². The highest BCUT2D eigenvalue weighted by Crippen LogP contribution is 2.35. The van der Waals surface area contributed by atoms with Crippen LogP contribution in [-0.4, -0.2) is 16.9 Å². The van der Waals surface area contributed by atoms with Gasteiger partial charge in [0.05, 0.1) is 10.4 Å². The number of halogens is 4. The van der Waals surface area contributed by atoms with E-state index in [2.05, 4.69) is 15.9 Å². The highest BCUT2D eigenvalue weighted by molar-refractivity contribution is 9.09. The lowest BCUT2D eigenvalue weighted by Gasteiger charge is -2.14. The molecule has 1 N–H and O–H groups in total. The minimum Gasteiger partial charge on any atom is -0.478 e. The lowest BCUT2D eigenvalue weighted by Crippen LogP contribution is -2.09. The van der Waals surface area contributed by atoms with Crippen molar-refractivity contribution in [2.45, 2.75) is 17.9 Å². The topological polar surface area (TPSA) is 54.4 Å². The molecule has 0 spiro atoms. The molecule has 108 valence electrons. The number of Topliss-reactive ketones (excluding diaryl/α,β-unsaturated/α-hetero) is 1. The third kappa shape index (κ3) is 4.19. The van der Waals surface area contributed by atoms with E-state index in [1.54, 1.807) is 0 Å². The number of carboxylic acid groups (broad SMARTS) is 1. The van der Waals surface area contributed by atoms with Crippen LogP contribution in [0.3, 0.4) is 0 Å². The molecule has 1 aromatic carbocycles. The van der Waals surface area contributed by atoms with Crippen LogP contribution in [0.25, 0.3) is 6.08 Å². The van der Waals surface area contributed by atoms with Crippen LogP contribution in [0.5, 0.6) is 0 Å². The SMILES string of the molecule is CC(=O)C(Br)c1cc(C(F)(F)F)ccc1C=CC(=O)O. The Morgan fingerprint density at radius 2 is 1.95 bits per heavy atom. The van der Waals surface area contributed by atoms with Gasteiger partial charge >= 0.3 is 12.1 Å². The molecule has 0 saturated heterocycles. The first-order valence-electron chi connectivity index (χ1n) is 5.39. The van der Waals surface area contributed by atoms with Crippen molar-refractivity contribution in [1.29, 1.82) is 0 Å². The fourth-order valence-electron chi connectivity index (χ4n) is 1.50. The zero-order valence-corrected chi connectivity index (χ0v) is 11.8. The predicted octanol–water partition coefficient (Wildman–Crippen LogP) is 3.83. The monoisotopic (exact) mass is 350 g/mol. The largest absolute Gasteiger partial charge is 0.478 e. The smallest absolute Gasteiger partial charge is 0.416 e. The second kappa shape index (κ2) is 6.21. The number of hydrogen-bond donors (Lipinski definition) is 1. The molecule has 0 aliphatic heterocycles. The molecule has 20 heavy (non-hydrogen) atoms. The number of aliphatic carboxylic acids is 1. The highest BCUT2D eigenvalue weighted by atomic mass is 79.9. The van der Waals surface area contributed by atoms with Crippen molar-refractivity contribution in [2.24, 2.45) is 0 Å². The molecule has 0 amide bonds. The third-order valence-corrected chi connectivity index (χ3v) is 3.59. The summed E-state index contributed by atoms with van der Waals surface area (Å²) in [5.41, 5.74) is -0.590.